The third-order valence-corrected chi connectivity index (χ3v) is 2.34. The van der Waals surface area contributed by atoms with Crippen LogP contribution in [0.15, 0.2) is 12.1 Å². The van der Waals surface area contributed by atoms with Gasteiger partial charge in [-0.25, -0.2) is 4.79 Å². The zero-order valence-corrected chi connectivity index (χ0v) is 10.8. The van der Waals surface area contributed by atoms with Crippen molar-refractivity contribution < 1.29 is 28.2 Å². The minimum Gasteiger partial charge on any atom is -0.447 e. The molecule has 0 atom stereocenters. The lowest BCUT2D eigenvalue weighted by Gasteiger charge is -2.11. The Kier molecular flexibility index (Phi) is 6.07. The van der Waals surface area contributed by atoms with Crippen molar-refractivity contribution in [1.82, 2.24) is 0 Å². The van der Waals surface area contributed by atoms with E-state index in [1.54, 1.807) is 0 Å². The van der Waals surface area contributed by atoms with Gasteiger partial charge >= 0.3 is 12.7 Å². The Morgan fingerprint density at radius 3 is 2.42 bits per heavy atom. The highest BCUT2D eigenvalue weighted by Crippen LogP contribution is 2.36. The van der Waals surface area contributed by atoms with Gasteiger partial charge in [-0.1, -0.05) is 23.2 Å². The van der Waals surface area contributed by atoms with E-state index in [1.807, 2.05) is 0 Å². The van der Waals surface area contributed by atoms with E-state index in [1.165, 1.54) is 12.1 Å². The first kappa shape index (κ1) is 15.7. The van der Waals surface area contributed by atoms with Crippen LogP contribution in [0.3, 0.4) is 0 Å². The number of aliphatic hydroxyl groups is 1. The van der Waals surface area contributed by atoms with Crippen molar-refractivity contribution in [3.05, 3.63) is 22.2 Å². The predicted octanol–water partition coefficient (Wildman–Crippen LogP) is 3.14. The molecule has 0 saturated heterocycles. The summed E-state index contributed by atoms with van der Waals surface area (Å²) in [6.07, 6.45) is -0.844. The van der Waals surface area contributed by atoms with E-state index in [2.05, 4.69) is 14.8 Å². The fraction of sp³-hybridized carbons (Fsp3) is 0.300. The summed E-state index contributed by atoms with van der Waals surface area (Å²) >= 11 is 11.4. The third kappa shape index (κ3) is 5.06. The number of aliphatic hydroxyl groups excluding tert-OH is 1. The number of carbonyl (C=O) groups is 1. The summed E-state index contributed by atoms with van der Waals surface area (Å²) < 4.78 is 32.8. The Hall–Kier alpha value is -1.31. The average Bonchev–Trinajstić information content (AvgIpc) is 2.31. The molecule has 1 aromatic rings. The molecule has 0 aliphatic rings. The molecule has 1 rings (SSSR count). The lowest BCUT2D eigenvalue weighted by molar-refractivity contribution is -0.0497. The van der Waals surface area contributed by atoms with Gasteiger partial charge in [-0.15, -0.1) is 0 Å². The maximum Gasteiger partial charge on any atom is 0.411 e. The quantitative estimate of drug-likeness (QED) is 0.876. The number of ether oxygens (including phenoxy) is 2. The van der Waals surface area contributed by atoms with Crippen LogP contribution < -0.4 is 10.1 Å². The normalized spacial score (nSPS) is 10.4. The highest BCUT2D eigenvalue weighted by Gasteiger charge is 2.15. The van der Waals surface area contributed by atoms with Gasteiger partial charge in [0, 0.05) is 5.69 Å². The molecule has 0 fully saturated rings. The van der Waals surface area contributed by atoms with Gasteiger partial charge in [0.05, 0.1) is 16.7 Å². The van der Waals surface area contributed by atoms with Gasteiger partial charge in [0.1, 0.15) is 6.61 Å². The molecule has 0 heterocycles. The first-order valence-corrected chi connectivity index (χ1v) is 5.68. The largest absolute Gasteiger partial charge is 0.447 e. The number of nitrogens with one attached hydrogen (secondary N) is 1. The molecule has 0 aliphatic heterocycles. The summed E-state index contributed by atoms with van der Waals surface area (Å²) in [6.45, 7) is -3.57. The minimum absolute atomic E-state index is 0.138. The molecule has 2 N–H and O–H groups in total. The van der Waals surface area contributed by atoms with E-state index in [-0.39, 0.29) is 34.7 Å². The second-order valence-electron chi connectivity index (χ2n) is 3.13. The van der Waals surface area contributed by atoms with Crippen molar-refractivity contribution in [3.63, 3.8) is 0 Å². The number of alkyl halides is 2. The SMILES string of the molecule is O=C(Nc1cc(Cl)c(OC(F)F)c(Cl)c1)OCCO. The van der Waals surface area contributed by atoms with Crippen molar-refractivity contribution in [1.29, 1.82) is 0 Å². The van der Waals surface area contributed by atoms with Crippen LogP contribution in [0.25, 0.3) is 0 Å². The lowest BCUT2D eigenvalue weighted by Crippen LogP contribution is -2.15. The maximum absolute atomic E-state index is 12.1. The number of amides is 1. The molecule has 0 aromatic heterocycles. The van der Waals surface area contributed by atoms with Crippen LogP contribution in [0.1, 0.15) is 0 Å². The van der Waals surface area contributed by atoms with E-state index in [0.29, 0.717) is 0 Å². The molecule has 19 heavy (non-hydrogen) atoms. The van der Waals surface area contributed by atoms with Gasteiger partial charge in [-0.3, -0.25) is 5.32 Å². The van der Waals surface area contributed by atoms with E-state index >= 15 is 0 Å². The van der Waals surface area contributed by atoms with Crippen LogP contribution in [0.5, 0.6) is 5.75 Å². The zero-order chi connectivity index (χ0) is 14.4. The summed E-state index contributed by atoms with van der Waals surface area (Å²) in [5.74, 6) is -0.382. The highest BCUT2D eigenvalue weighted by atomic mass is 35.5. The van der Waals surface area contributed by atoms with Gasteiger partial charge < -0.3 is 14.6 Å². The second-order valence-corrected chi connectivity index (χ2v) is 3.95. The maximum atomic E-state index is 12.1. The molecule has 5 nitrogen and oxygen atoms in total. The van der Waals surface area contributed by atoms with Crippen LogP contribution in [0, 0.1) is 0 Å². The smallest absolute Gasteiger partial charge is 0.411 e. The van der Waals surface area contributed by atoms with Gasteiger partial charge in [-0.05, 0) is 12.1 Å². The van der Waals surface area contributed by atoms with Crippen molar-refractivity contribution in [3.8, 4) is 5.75 Å². The predicted molar refractivity (Wildman–Crippen MR) is 65.2 cm³/mol. The molecule has 0 aliphatic carbocycles. The minimum atomic E-state index is -3.07. The summed E-state index contributed by atoms with van der Waals surface area (Å²) in [7, 11) is 0. The summed E-state index contributed by atoms with van der Waals surface area (Å²) in [5.41, 5.74) is 0.138. The Morgan fingerprint density at radius 1 is 1.37 bits per heavy atom. The number of rotatable bonds is 5. The Balaban J connectivity index is 2.80. The van der Waals surface area contributed by atoms with Gasteiger partial charge in [-0.2, -0.15) is 8.78 Å². The Bertz CT molecular complexity index is 436. The third-order valence-electron chi connectivity index (χ3n) is 1.78. The van der Waals surface area contributed by atoms with Gasteiger partial charge in [0.2, 0.25) is 0 Å². The van der Waals surface area contributed by atoms with E-state index in [4.69, 9.17) is 28.3 Å². The lowest BCUT2D eigenvalue weighted by atomic mass is 10.3. The number of benzene rings is 1. The summed E-state index contributed by atoms with van der Waals surface area (Å²) in [6, 6.07) is 2.34. The molecule has 0 bridgehead atoms. The highest BCUT2D eigenvalue weighted by molar-refractivity contribution is 6.37. The molecule has 1 amide bonds. The number of hydrogen-bond donors (Lipinski definition) is 2. The standard InChI is InChI=1S/C10H9Cl2F2NO4/c11-6-3-5(15-10(17)18-2-1-16)4-7(12)8(6)19-9(13)14/h3-4,9,16H,1-2H2,(H,15,17). The first-order chi connectivity index (χ1) is 8.93. The average molecular weight is 316 g/mol. The van der Waals surface area contributed by atoms with Gasteiger partial charge in [0.25, 0.3) is 0 Å². The number of hydrogen-bond acceptors (Lipinski definition) is 4. The molecule has 106 valence electrons. The van der Waals surface area contributed by atoms with Crippen molar-refractivity contribution >= 4 is 35.0 Å². The van der Waals surface area contributed by atoms with Crippen molar-refractivity contribution in [2.75, 3.05) is 18.5 Å². The Labute approximate surface area is 117 Å². The second kappa shape index (κ2) is 7.32. The summed E-state index contributed by atoms with van der Waals surface area (Å²) in [5, 5.41) is 10.3. The van der Waals surface area contributed by atoms with Crippen LogP contribution in [-0.2, 0) is 4.74 Å². The number of halogens is 4. The van der Waals surface area contributed by atoms with Crippen molar-refractivity contribution in [2.24, 2.45) is 0 Å². The summed E-state index contributed by atoms with van der Waals surface area (Å²) in [4.78, 5) is 11.2. The monoisotopic (exact) mass is 315 g/mol. The topological polar surface area (TPSA) is 67.8 Å². The fourth-order valence-corrected chi connectivity index (χ4v) is 1.70. The van der Waals surface area contributed by atoms with Crippen LogP contribution in [0.4, 0.5) is 19.3 Å². The fourth-order valence-electron chi connectivity index (χ4n) is 1.13. The van der Waals surface area contributed by atoms with Crippen molar-refractivity contribution in [2.45, 2.75) is 6.61 Å². The van der Waals surface area contributed by atoms with E-state index < -0.39 is 12.7 Å². The molecule has 0 radical (unpaired) electrons. The van der Waals surface area contributed by atoms with Crippen LogP contribution in [0.2, 0.25) is 10.0 Å². The molecule has 1 aromatic carbocycles. The van der Waals surface area contributed by atoms with E-state index in [9.17, 15) is 13.6 Å². The van der Waals surface area contributed by atoms with Crippen LogP contribution in [-0.4, -0.2) is 31.0 Å². The number of anilines is 1. The Morgan fingerprint density at radius 2 is 1.95 bits per heavy atom. The van der Waals surface area contributed by atoms with Crippen LogP contribution >= 0.6 is 23.2 Å². The number of carbonyl (C=O) groups excluding carboxylic acids is 1. The molecular formula is C10H9Cl2F2NO4. The molecule has 0 spiro atoms. The molecular weight excluding hydrogens is 307 g/mol. The van der Waals surface area contributed by atoms with E-state index in [0.717, 1.165) is 0 Å². The zero-order valence-electron chi connectivity index (χ0n) is 9.33. The molecule has 0 unspecified atom stereocenters. The van der Waals surface area contributed by atoms with Gasteiger partial charge in [0.15, 0.2) is 5.75 Å². The molecule has 0 saturated carbocycles. The molecule has 9 heteroatoms. The first-order valence-electron chi connectivity index (χ1n) is 4.92.